The van der Waals surface area contributed by atoms with Gasteiger partial charge in [0.15, 0.2) is 11.6 Å². The zero-order chi connectivity index (χ0) is 101. The number of carboxylic acids is 4. The largest absolute Gasteiger partial charge is 0.508 e. The molecule has 2 aromatic heterocycles. The molecule has 47 nitrogen and oxygen atoms in total. The van der Waals surface area contributed by atoms with E-state index < -0.39 is 154 Å². The summed E-state index contributed by atoms with van der Waals surface area (Å²) in [6.07, 6.45) is -0.968. The number of aliphatic hydroxyl groups excluding tert-OH is 3. The number of nitrogens with one attached hydrogen (secondary N) is 8. The summed E-state index contributed by atoms with van der Waals surface area (Å²) in [5.41, 5.74) is 4.47. The molecule has 0 bridgehead atoms. The van der Waals surface area contributed by atoms with E-state index in [4.69, 9.17) is 0 Å². The van der Waals surface area contributed by atoms with Crippen LogP contribution in [0.3, 0.4) is 0 Å². The van der Waals surface area contributed by atoms with E-state index in [1.807, 2.05) is 64.1 Å². The monoisotopic (exact) mass is 1930 g/mol. The minimum Gasteiger partial charge on any atom is -0.508 e. The average Bonchev–Trinajstić information content (AvgIpc) is 1.61. The fourth-order valence-corrected chi connectivity index (χ4v) is 16.3. The van der Waals surface area contributed by atoms with Gasteiger partial charge in [0, 0.05) is 193 Å². The number of amides is 10. The number of nitrogens with zero attached hydrogens (tertiary/aromatic N) is 14. The molecule has 3 saturated heterocycles. The van der Waals surface area contributed by atoms with Crippen LogP contribution < -0.4 is 42.5 Å². The summed E-state index contributed by atoms with van der Waals surface area (Å²) in [5, 5.41) is 150. The van der Waals surface area contributed by atoms with Gasteiger partial charge in [-0.3, -0.25) is 106 Å². The quantitative estimate of drug-likeness (QED) is 0.0183. The van der Waals surface area contributed by atoms with Crippen molar-refractivity contribution < 1.29 is 123 Å². The third-order valence-electron chi connectivity index (χ3n) is 23.9. The fraction of sp³-hybridized carbons (Fsp3) is 0.538. The zero-order valence-electron chi connectivity index (χ0n) is 78.3. The van der Waals surface area contributed by atoms with E-state index in [1.54, 1.807) is 52.5 Å². The van der Waals surface area contributed by atoms with Gasteiger partial charge in [0.2, 0.25) is 58.9 Å². The molecule has 5 atom stereocenters. The number of unbranched alkanes of at least 4 members (excludes halogenated alkanes) is 1. The summed E-state index contributed by atoms with van der Waals surface area (Å²) in [6, 6.07) is 12.6. The van der Waals surface area contributed by atoms with Gasteiger partial charge in [0.1, 0.15) is 53.2 Å². The molecule has 0 spiro atoms. The number of carboxylic acid groups (broad SMARTS) is 4. The van der Waals surface area contributed by atoms with Crippen LogP contribution in [0, 0.1) is 0 Å². The number of piperazine rings is 2. The highest BCUT2D eigenvalue weighted by Gasteiger charge is 2.36. The van der Waals surface area contributed by atoms with Crippen LogP contribution in [-0.2, 0) is 70.6 Å². The number of phenols is 4. The van der Waals surface area contributed by atoms with Crippen LogP contribution in [0.2, 0.25) is 0 Å². The normalized spacial score (nSPS) is 15.8. The lowest BCUT2D eigenvalue weighted by molar-refractivity contribution is -0.145. The molecule has 0 unspecified atom stereocenters. The molecule has 10 amide bonds. The second-order valence-electron chi connectivity index (χ2n) is 34.6. The minimum atomic E-state index is -1.85. The molecule has 3 aliphatic heterocycles. The topological polar surface area (TPSA) is 645 Å². The van der Waals surface area contributed by atoms with E-state index in [2.05, 4.69) is 72.7 Å². The Morgan fingerprint density at radius 2 is 0.783 bits per heavy atom. The number of carbonyl (C=O) groups is 14. The van der Waals surface area contributed by atoms with Crippen molar-refractivity contribution in [1.29, 1.82) is 0 Å². The molecule has 9 rings (SSSR count). The number of aromatic hydroxyl groups is 4. The number of aliphatic carboxylic acids is 4. The molecule has 19 N–H and O–H groups in total. The number of aromatic nitrogens is 6. The van der Waals surface area contributed by atoms with Crippen LogP contribution in [0.4, 0.5) is 0 Å². The van der Waals surface area contributed by atoms with Crippen molar-refractivity contribution in [2.24, 2.45) is 0 Å². The van der Waals surface area contributed by atoms with Crippen LogP contribution in [-0.4, -0.2) is 408 Å². The maximum absolute atomic E-state index is 14.7. The standard InChI is InChI=1S/C91H128N22O25/c1-7-92-88(134)83-102-100-81(63-43-61(55(3)4)70(117)45-72(63)119)112(83)59-16-12-57(13-17-59)47-104-33-39-110(40-34-104)77(124)23-22-76(123)96-65(90(136)111-41-35-105(36-42-111)48-58-14-18-60(19-15-58)113-82(101-103-84(113)89(135)93-8-2)64-44-62(56(5)6)71(118)46-73(64)120)11-9-10-25-94-74(121)24-26-95-85(131)66(52-114)98-87(133)68(54-116)99-86(132)67(53-115)97-75(122)21-20-69(91(137)138)109-37-31-107(50-79(127)128)29-27-106(49-78(125)126)28-30-108(32-38-109)51-80(129)130/h12-19,43-46,55-56,65-69,114-120H,7-11,20-42,47-54H2,1-6H3,(H,92,134)(H,93,135)(H,94,121)(H,95,131)(H,96,123)(H,97,122)(H,98,133)(H,99,132)(H,125,126)(H,127,128)(H,129,130)(H,137,138)/t65-,66+,67+,68+,69+/m0/s1. The number of aliphatic hydroxyl groups is 3. The number of phenolic OH excluding ortho intramolecular Hbond substituents is 4. The number of carbonyl (C=O) groups excluding carboxylic acids is 10. The smallest absolute Gasteiger partial charge is 0.320 e. The van der Waals surface area contributed by atoms with Gasteiger partial charge in [-0.05, 0) is 110 Å². The molecule has 5 heterocycles. The summed E-state index contributed by atoms with van der Waals surface area (Å²) < 4.78 is 3.07. The van der Waals surface area contributed by atoms with Crippen molar-refractivity contribution in [1.82, 2.24) is 111 Å². The van der Waals surface area contributed by atoms with Gasteiger partial charge in [-0.2, -0.15) is 0 Å². The predicted octanol–water partition coefficient (Wildman–Crippen LogP) is -2.06. The SMILES string of the molecule is CCNC(=O)c1nnc(-c2cc(C(C)C)c(O)cc2O)n1-c1ccc(CN2CCN(C(=O)CCC(=O)N[C@@H](CCCCNC(=O)CCNC(=O)[C@@H](CO)NC(=O)[C@@H](CO)NC(=O)[C@@H](CO)NC(=O)CC[C@H](C(=O)O)N3CCN(CC(=O)O)CCN(CC(=O)O)CCN(CC(=O)O)CC3)C(=O)N3CCN(Cc4ccc(-n5c(C(=O)NCC)nnc5-c5cc(C(C)C)c(O)cc5O)cc4)CC3)CC2)cc1. The zero-order valence-corrected chi connectivity index (χ0v) is 78.3. The number of benzene rings is 4. The molecular formula is C91H128N22O25. The molecule has 6 aromatic rings. The van der Waals surface area contributed by atoms with Crippen molar-refractivity contribution in [2.45, 2.75) is 148 Å². The first-order valence-electron chi connectivity index (χ1n) is 46.1. The van der Waals surface area contributed by atoms with Crippen LogP contribution in [0.5, 0.6) is 23.0 Å². The van der Waals surface area contributed by atoms with Crippen LogP contribution >= 0.6 is 0 Å². The van der Waals surface area contributed by atoms with Crippen molar-refractivity contribution in [3.05, 3.63) is 107 Å². The maximum atomic E-state index is 14.7. The van der Waals surface area contributed by atoms with Crippen LogP contribution in [0.1, 0.15) is 148 Å². The van der Waals surface area contributed by atoms with Crippen molar-refractivity contribution in [3.8, 4) is 57.1 Å². The van der Waals surface area contributed by atoms with E-state index in [0.717, 1.165) is 11.1 Å². The third kappa shape index (κ3) is 31.3. The highest BCUT2D eigenvalue weighted by molar-refractivity contribution is 5.96. The minimum absolute atomic E-state index is 0.0161. The average molecular weight is 1930 g/mol. The first kappa shape index (κ1) is 108. The van der Waals surface area contributed by atoms with Crippen molar-refractivity contribution >= 4 is 82.9 Å². The molecule has 0 aliphatic carbocycles. The van der Waals surface area contributed by atoms with Gasteiger partial charge in [-0.1, -0.05) is 52.0 Å². The van der Waals surface area contributed by atoms with Crippen molar-refractivity contribution in [3.63, 3.8) is 0 Å². The van der Waals surface area contributed by atoms with Gasteiger partial charge in [-0.25, -0.2) is 0 Å². The molecule has 47 heteroatoms. The van der Waals surface area contributed by atoms with Gasteiger partial charge in [0.05, 0.1) is 50.6 Å². The Bertz CT molecular complexity index is 5180. The lowest BCUT2D eigenvalue weighted by Gasteiger charge is -2.36. The molecule has 3 fully saturated rings. The third-order valence-corrected chi connectivity index (χ3v) is 23.9. The van der Waals surface area contributed by atoms with E-state index in [1.165, 1.54) is 36.3 Å². The second kappa shape index (κ2) is 52.8. The molecule has 752 valence electrons. The predicted molar refractivity (Wildman–Crippen MR) is 495 cm³/mol. The van der Waals surface area contributed by atoms with Gasteiger partial charge >= 0.3 is 23.9 Å². The molecule has 0 saturated carbocycles. The first-order chi connectivity index (χ1) is 65.9. The Morgan fingerprint density at radius 3 is 1.20 bits per heavy atom. The van der Waals surface area contributed by atoms with Gasteiger partial charge < -0.3 is 109 Å². The van der Waals surface area contributed by atoms with E-state index in [0.29, 0.717) is 101 Å². The van der Waals surface area contributed by atoms with Crippen LogP contribution in [0.25, 0.3) is 34.2 Å². The highest BCUT2D eigenvalue weighted by Crippen LogP contribution is 2.40. The van der Waals surface area contributed by atoms with Gasteiger partial charge in [-0.15, -0.1) is 20.4 Å². The number of hydrogen-bond donors (Lipinski definition) is 19. The lowest BCUT2D eigenvalue weighted by atomic mass is 9.98. The summed E-state index contributed by atoms with van der Waals surface area (Å²) in [6.45, 7) is 11.0. The van der Waals surface area contributed by atoms with E-state index in [9.17, 15) is 123 Å². The van der Waals surface area contributed by atoms with E-state index >= 15 is 0 Å². The second-order valence-corrected chi connectivity index (χ2v) is 34.6. The highest BCUT2D eigenvalue weighted by atomic mass is 16.4. The molecular weight excluding hydrogens is 1800 g/mol. The number of hydrogen-bond acceptors (Lipinski definition) is 31. The lowest BCUT2D eigenvalue weighted by Crippen LogP contribution is -2.59. The van der Waals surface area contributed by atoms with Crippen molar-refractivity contribution in [2.75, 3.05) is 170 Å². The van der Waals surface area contributed by atoms with Crippen LogP contribution in [0.15, 0.2) is 72.8 Å². The number of rotatable bonds is 47. The summed E-state index contributed by atoms with van der Waals surface area (Å²) in [7, 11) is 0. The Kier molecular flexibility index (Phi) is 41.4. The fourth-order valence-electron chi connectivity index (χ4n) is 16.3. The molecule has 138 heavy (non-hydrogen) atoms. The Labute approximate surface area is 796 Å². The molecule has 0 radical (unpaired) electrons. The summed E-state index contributed by atoms with van der Waals surface area (Å²) >= 11 is 0. The molecule has 4 aromatic carbocycles. The van der Waals surface area contributed by atoms with E-state index in [-0.39, 0.29) is 185 Å². The summed E-state index contributed by atoms with van der Waals surface area (Å²) in [5.74, 6) is -12.7. The molecule has 3 aliphatic rings. The first-order valence-corrected chi connectivity index (χ1v) is 46.1. The Hall–Kier alpha value is -13.4. The Morgan fingerprint density at radius 1 is 0.384 bits per heavy atom. The summed E-state index contributed by atoms with van der Waals surface area (Å²) in [4.78, 5) is 198. The maximum Gasteiger partial charge on any atom is 0.320 e. The Balaban J connectivity index is 0.764. The van der Waals surface area contributed by atoms with Gasteiger partial charge in [0.25, 0.3) is 11.8 Å².